The summed E-state index contributed by atoms with van der Waals surface area (Å²) in [6.45, 7) is 0. The average molecular weight is 420 g/mol. The Bertz CT molecular complexity index is 1100. The van der Waals surface area contributed by atoms with Gasteiger partial charge in [-0.05, 0) is 60.6 Å². The lowest BCUT2D eigenvalue weighted by Crippen LogP contribution is -2.33. The number of halogens is 3. The first-order valence-corrected chi connectivity index (χ1v) is 9.73. The van der Waals surface area contributed by atoms with Crippen LogP contribution in [0.15, 0.2) is 36.5 Å². The average Bonchev–Trinajstić information content (AvgIpc) is 3.03. The van der Waals surface area contributed by atoms with Crippen molar-refractivity contribution in [1.82, 2.24) is 15.5 Å². The highest BCUT2D eigenvalue weighted by molar-refractivity contribution is 6.31. The van der Waals surface area contributed by atoms with Crippen LogP contribution in [-0.2, 0) is 5.60 Å². The molecule has 1 aromatic heterocycles. The quantitative estimate of drug-likeness (QED) is 0.599. The monoisotopic (exact) mass is 419 g/mol. The van der Waals surface area contributed by atoms with Crippen molar-refractivity contribution in [3.05, 3.63) is 63.5 Å². The van der Waals surface area contributed by atoms with Crippen LogP contribution in [0.1, 0.15) is 28.8 Å². The van der Waals surface area contributed by atoms with Crippen molar-refractivity contribution in [3.8, 4) is 0 Å². The maximum absolute atomic E-state index is 13.3. The first-order valence-electron chi connectivity index (χ1n) is 8.97. The van der Waals surface area contributed by atoms with E-state index in [0.29, 0.717) is 23.4 Å². The van der Waals surface area contributed by atoms with Gasteiger partial charge in [0.25, 0.3) is 5.91 Å². The maximum Gasteiger partial charge on any atom is 0.251 e. The van der Waals surface area contributed by atoms with E-state index in [1.807, 2.05) is 0 Å². The molecular weight excluding hydrogens is 404 g/mol. The van der Waals surface area contributed by atoms with Crippen LogP contribution in [0.25, 0.3) is 10.9 Å². The summed E-state index contributed by atoms with van der Waals surface area (Å²) >= 11 is 12.0. The second-order valence-corrected chi connectivity index (χ2v) is 8.52. The van der Waals surface area contributed by atoms with Crippen LogP contribution in [-0.4, -0.2) is 27.3 Å². The fourth-order valence-corrected chi connectivity index (χ4v) is 4.97. The predicted octanol–water partition coefficient (Wildman–Crippen LogP) is 4.03. The molecule has 0 spiro atoms. The number of benzene rings is 2. The molecule has 8 heteroatoms. The summed E-state index contributed by atoms with van der Waals surface area (Å²) in [7, 11) is 0. The minimum absolute atomic E-state index is 0.00405. The van der Waals surface area contributed by atoms with E-state index in [1.54, 1.807) is 18.3 Å². The molecule has 0 bridgehead atoms. The number of nitrogens with zero attached hydrogens (tertiary/aromatic N) is 1. The Hall–Kier alpha value is -2.15. The number of aromatic nitrogens is 2. The molecule has 0 unspecified atom stereocenters. The number of nitrogens with one attached hydrogen (secondary N) is 2. The van der Waals surface area contributed by atoms with Gasteiger partial charge in [-0.2, -0.15) is 5.10 Å². The lowest BCUT2D eigenvalue weighted by atomic mass is 9.86. The van der Waals surface area contributed by atoms with Gasteiger partial charge in [-0.15, -0.1) is 0 Å². The molecule has 28 heavy (non-hydrogen) atoms. The van der Waals surface area contributed by atoms with Crippen LogP contribution < -0.4 is 5.32 Å². The van der Waals surface area contributed by atoms with Gasteiger partial charge in [0, 0.05) is 22.0 Å². The van der Waals surface area contributed by atoms with E-state index in [-0.39, 0.29) is 28.8 Å². The fourth-order valence-electron chi connectivity index (χ4n) is 4.57. The number of fused-ring (bicyclic) bond motifs is 2. The van der Waals surface area contributed by atoms with Crippen molar-refractivity contribution in [2.75, 3.05) is 0 Å². The molecule has 0 aliphatic heterocycles. The van der Waals surface area contributed by atoms with Crippen LogP contribution in [0, 0.1) is 17.7 Å². The highest BCUT2D eigenvalue weighted by Crippen LogP contribution is 2.60. The number of aromatic amines is 1. The molecule has 2 aromatic carbocycles. The summed E-state index contributed by atoms with van der Waals surface area (Å²) in [5, 5.41) is 22.5. The van der Waals surface area contributed by atoms with Gasteiger partial charge in [-0.3, -0.25) is 9.89 Å². The Labute approximate surface area is 169 Å². The van der Waals surface area contributed by atoms with Gasteiger partial charge >= 0.3 is 0 Å². The van der Waals surface area contributed by atoms with Crippen molar-refractivity contribution < 1.29 is 14.3 Å². The lowest BCUT2D eigenvalue weighted by molar-refractivity contribution is 0.0293. The number of carbonyl (C=O) groups excluding carboxylic acids is 1. The van der Waals surface area contributed by atoms with Crippen LogP contribution >= 0.6 is 23.2 Å². The van der Waals surface area contributed by atoms with Gasteiger partial charge in [-0.25, -0.2) is 4.39 Å². The van der Waals surface area contributed by atoms with Gasteiger partial charge < -0.3 is 10.4 Å². The summed E-state index contributed by atoms with van der Waals surface area (Å²) < 4.78 is 13.3. The van der Waals surface area contributed by atoms with Gasteiger partial charge in [0.15, 0.2) is 0 Å². The van der Waals surface area contributed by atoms with Crippen molar-refractivity contribution in [3.63, 3.8) is 0 Å². The first-order chi connectivity index (χ1) is 13.4. The number of H-pyrrole nitrogens is 1. The third-order valence-electron chi connectivity index (χ3n) is 5.98. The zero-order valence-corrected chi connectivity index (χ0v) is 16.1. The Kier molecular flexibility index (Phi) is 3.95. The molecule has 2 aliphatic carbocycles. The Morgan fingerprint density at radius 1 is 1.25 bits per heavy atom. The molecule has 3 aromatic rings. The number of hydrogen-bond donors (Lipinski definition) is 3. The molecule has 2 saturated carbocycles. The SMILES string of the molecule is O=C(N[C@H]1[C@@H]2C[C@@](O)(c3cc(Cl)cc4[nH]ncc34)C[C@@H]21)c1ccc(F)c(Cl)c1. The standard InChI is InChI=1S/C20H16Cl2FN3O2/c21-10-4-14(13-8-24-26-17(13)5-10)20(28)6-11-12(7-20)18(11)25-19(27)9-1-2-16(23)15(22)3-9/h1-5,8,11-12,18,28H,6-7H2,(H,24,26)(H,25,27)/t11-,12+,18+,20+. The number of amides is 1. The van der Waals surface area contributed by atoms with E-state index >= 15 is 0 Å². The van der Waals surface area contributed by atoms with Crippen LogP contribution in [0.4, 0.5) is 4.39 Å². The molecule has 2 aliphatic rings. The summed E-state index contributed by atoms with van der Waals surface area (Å²) in [6, 6.07) is 7.48. The molecule has 5 nitrogen and oxygen atoms in total. The van der Waals surface area contributed by atoms with E-state index in [9.17, 15) is 14.3 Å². The summed E-state index contributed by atoms with van der Waals surface area (Å²) in [6.07, 6.45) is 2.77. The topological polar surface area (TPSA) is 78.0 Å². The number of hydrogen-bond acceptors (Lipinski definition) is 3. The van der Waals surface area contributed by atoms with Crippen LogP contribution in [0.5, 0.6) is 0 Å². The molecule has 3 N–H and O–H groups in total. The molecule has 1 heterocycles. The summed E-state index contributed by atoms with van der Waals surface area (Å²) in [4.78, 5) is 12.4. The molecule has 4 atom stereocenters. The predicted molar refractivity (Wildman–Crippen MR) is 104 cm³/mol. The minimum atomic E-state index is -0.997. The molecule has 0 radical (unpaired) electrons. The normalized spacial score (nSPS) is 28.4. The van der Waals surface area contributed by atoms with Crippen molar-refractivity contribution >= 4 is 40.0 Å². The molecule has 1 amide bonds. The Morgan fingerprint density at radius 3 is 2.71 bits per heavy atom. The van der Waals surface area contributed by atoms with Crippen molar-refractivity contribution in [2.24, 2.45) is 11.8 Å². The molecule has 144 valence electrons. The molecular formula is C20H16Cl2FN3O2. The van der Waals surface area contributed by atoms with Crippen molar-refractivity contribution in [2.45, 2.75) is 24.5 Å². The van der Waals surface area contributed by atoms with E-state index in [0.717, 1.165) is 16.5 Å². The highest BCUT2D eigenvalue weighted by atomic mass is 35.5. The van der Waals surface area contributed by atoms with Crippen LogP contribution in [0.2, 0.25) is 10.0 Å². The minimum Gasteiger partial charge on any atom is -0.385 e. The third-order valence-corrected chi connectivity index (χ3v) is 6.49. The highest BCUT2D eigenvalue weighted by Gasteiger charge is 2.62. The summed E-state index contributed by atoms with van der Waals surface area (Å²) in [5.74, 6) is -0.472. The van der Waals surface area contributed by atoms with Gasteiger partial charge in [0.1, 0.15) is 5.82 Å². The third kappa shape index (κ3) is 2.79. The van der Waals surface area contributed by atoms with E-state index in [1.165, 1.54) is 18.2 Å². The zero-order chi connectivity index (χ0) is 19.6. The van der Waals surface area contributed by atoms with Crippen molar-refractivity contribution in [1.29, 1.82) is 0 Å². The maximum atomic E-state index is 13.3. The first kappa shape index (κ1) is 17.9. The number of carbonyl (C=O) groups is 1. The molecule has 5 rings (SSSR count). The smallest absolute Gasteiger partial charge is 0.251 e. The van der Waals surface area contributed by atoms with Crippen LogP contribution in [0.3, 0.4) is 0 Å². The largest absolute Gasteiger partial charge is 0.385 e. The Balaban J connectivity index is 1.32. The Morgan fingerprint density at radius 2 is 2.00 bits per heavy atom. The van der Waals surface area contributed by atoms with Gasteiger partial charge in [-0.1, -0.05) is 23.2 Å². The van der Waals surface area contributed by atoms with E-state index < -0.39 is 11.4 Å². The second-order valence-electron chi connectivity index (χ2n) is 7.68. The lowest BCUT2D eigenvalue weighted by Gasteiger charge is -2.27. The number of rotatable bonds is 3. The number of aliphatic hydroxyl groups is 1. The fraction of sp³-hybridized carbons (Fsp3) is 0.300. The molecule has 0 saturated heterocycles. The van der Waals surface area contributed by atoms with Gasteiger partial charge in [0.2, 0.25) is 0 Å². The van der Waals surface area contributed by atoms with E-state index in [4.69, 9.17) is 23.2 Å². The van der Waals surface area contributed by atoms with Gasteiger partial charge in [0.05, 0.1) is 22.3 Å². The van der Waals surface area contributed by atoms with E-state index in [2.05, 4.69) is 15.5 Å². The molecule has 2 fully saturated rings. The summed E-state index contributed by atoms with van der Waals surface area (Å²) in [5.41, 5.74) is 0.880. The second kappa shape index (κ2) is 6.17. The zero-order valence-electron chi connectivity index (χ0n) is 14.5.